The van der Waals surface area contributed by atoms with E-state index in [1.807, 2.05) is 48.5 Å². The van der Waals surface area contributed by atoms with E-state index in [-0.39, 0.29) is 6.61 Å². The van der Waals surface area contributed by atoms with Crippen LogP contribution in [0.3, 0.4) is 0 Å². The van der Waals surface area contributed by atoms with Crippen molar-refractivity contribution in [1.82, 2.24) is 10.3 Å². The zero-order valence-corrected chi connectivity index (χ0v) is 11.8. The molecule has 19 heavy (non-hydrogen) atoms. The zero-order chi connectivity index (χ0) is 13.5. The molecule has 4 nitrogen and oxygen atoms in total. The van der Waals surface area contributed by atoms with Crippen LogP contribution in [0.1, 0.15) is 11.3 Å². The third-order valence-electron chi connectivity index (χ3n) is 2.40. The van der Waals surface area contributed by atoms with Gasteiger partial charge in [0.1, 0.15) is 11.2 Å². The van der Waals surface area contributed by atoms with Gasteiger partial charge >= 0.3 is 6.09 Å². The summed E-state index contributed by atoms with van der Waals surface area (Å²) in [6.45, 7) is 0.603. The second-order valence-electron chi connectivity index (χ2n) is 3.87. The number of rotatable bonds is 4. The first-order valence-electron chi connectivity index (χ1n) is 5.80. The standard InChI is InChI=1S/C14H13BrN2O2/c15-13-8-4-7-12(17-13)9-16-14(18)19-10-11-5-2-1-3-6-11/h1-8H,9-10H2,(H,16,18). The number of pyridine rings is 1. The predicted molar refractivity (Wildman–Crippen MR) is 75.4 cm³/mol. The van der Waals surface area contributed by atoms with Crippen LogP contribution in [0.25, 0.3) is 0 Å². The first-order valence-corrected chi connectivity index (χ1v) is 6.59. The number of hydrogen-bond acceptors (Lipinski definition) is 3. The van der Waals surface area contributed by atoms with Gasteiger partial charge in [-0.2, -0.15) is 0 Å². The number of alkyl carbamates (subject to hydrolysis) is 1. The molecule has 0 aliphatic rings. The smallest absolute Gasteiger partial charge is 0.407 e. The highest BCUT2D eigenvalue weighted by Crippen LogP contribution is 2.06. The summed E-state index contributed by atoms with van der Waals surface area (Å²) in [4.78, 5) is 15.7. The van der Waals surface area contributed by atoms with Crippen LogP contribution in [0, 0.1) is 0 Å². The molecule has 5 heteroatoms. The minimum atomic E-state index is -0.453. The molecule has 1 N–H and O–H groups in total. The number of hydrogen-bond donors (Lipinski definition) is 1. The van der Waals surface area contributed by atoms with Crippen LogP contribution in [-0.2, 0) is 17.9 Å². The molecule has 2 aromatic rings. The van der Waals surface area contributed by atoms with Crippen LogP contribution in [0.5, 0.6) is 0 Å². The minimum Gasteiger partial charge on any atom is -0.445 e. The van der Waals surface area contributed by atoms with Crippen molar-refractivity contribution in [3.8, 4) is 0 Å². The fraction of sp³-hybridized carbons (Fsp3) is 0.143. The van der Waals surface area contributed by atoms with Crippen LogP contribution in [0.4, 0.5) is 4.79 Å². The first-order chi connectivity index (χ1) is 9.24. The van der Waals surface area contributed by atoms with Crippen molar-refractivity contribution >= 4 is 22.0 Å². The molecule has 1 heterocycles. The quantitative estimate of drug-likeness (QED) is 0.879. The highest BCUT2D eigenvalue weighted by molar-refractivity contribution is 9.10. The summed E-state index contributed by atoms with van der Waals surface area (Å²) < 4.78 is 5.83. The molecule has 2 rings (SSSR count). The minimum absolute atomic E-state index is 0.262. The summed E-state index contributed by atoms with van der Waals surface area (Å²) in [5.74, 6) is 0. The van der Waals surface area contributed by atoms with Gasteiger partial charge in [-0.05, 0) is 33.6 Å². The maximum Gasteiger partial charge on any atom is 0.407 e. The second-order valence-corrected chi connectivity index (χ2v) is 4.68. The highest BCUT2D eigenvalue weighted by Gasteiger charge is 2.03. The van der Waals surface area contributed by atoms with E-state index in [1.54, 1.807) is 0 Å². The van der Waals surface area contributed by atoms with Crippen molar-refractivity contribution in [2.75, 3.05) is 0 Å². The maximum absolute atomic E-state index is 11.5. The summed E-state index contributed by atoms with van der Waals surface area (Å²) in [5.41, 5.74) is 1.73. The molecular weight excluding hydrogens is 308 g/mol. The van der Waals surface area contributed by atoms with Crippen molar-refractivity contribution in [3.63, 3.8) is 0 Å². The van der Waals surface area contributed by atoms with E-state index in [4.69, 9.17) is 4.74 Å². The normalized spacial score (nSPS) is 9.95. The Labute approximate surface area is 119 Å². The molecule has 98 valence electrons. The Hall–Kier alpha value is -1.88. The number of halogens is 1. The molecule has 0 aliphatic carbocycles. The highest BCUT2D eigenvalue weighted by atomic mass is 79.9. The molecule has 0 spiro atoms. The van der Waals surface area contributed by atoms with Crippen LogP contribution in [0.15, 0.2) is 53.1 Å². The summed E-state index contributed by atoms with van der Waals surface area (Å²) in [5, 5.41) is 2.65. The van der Waals surface area contributed by atoms with E-state index in [0.29, 0.717) is 6.54 Å². The number of carbonyl (C=O) groups is 1. The van der Waals surface area contributed by atoms with Gasteiger partial charge in [0.25, 0.3) is 0 Å². The van der Waals surface area contributed by atoms with Gasteiger partial charge in [-0.1, -0.05) is 36.4 Å². The number of carbonyl (C=O) groups excluding carboxylic acids is 1. The lowest BCUT2D eigenvalue weighted by atomic mass is 10.2. The van der Waals surface area contributed by atoms with E-state index in [1.165, 1.54) is 0 Å². The monoisotopic (exact) mass is 320 g/mol. The van der Waals surface area contributed by atoms with Crippen molar-refractivity contribution in [2.24, 2.45) is 0 Å². The SMILES string of the molecule is O=C(NCc1cccc(Br)n1)OCc1ccccc1. The molecule has 0 atom stereocenters. The Morgan fingerprint density at radius 3 is 2.68 bits per heavy atom. The van der Waals surface area contributed by atoms with E-state index in [0.717, 1.165) is 15.9 Å². The molecule has 0 fully saturated rings. The number of benzene rings is 1. The average molecular weight is 321 g/mol. The molecule has 0 radical (unpaired) electrons. The zero-order valence-electron chi connectivity index (χ0n) is 10.2. The fourth-order valence-corrected chi connectivity index (χ4v) is 1.87. The van der Waals surface area contributed by atoms with Crippen molar-refractivity contribution in [1.29, 1.82) is 0 Å². The van der Waals surface area contributed by atoms with Crippen molar-refractivity contribution in [2.45, 2.75) is 13.2 Å². The molecule has 0 saturated carbocycles. The van der Waals surface area contributed by atoms with Gasteiger partial charge in [0.15, 0.2) is 0 Å². The molecule has 1 amide bonds. The molecule has 0 unspecified atom stereocenters. The third kappa shape index (κ3) is 4.71. The Morgan fingerprint density at radius 1 is 1.16 bits per heavy atom. The van der Waals surface area contributed by atoms with Gasteiger partial charge in [-0.25, -0.2) is 9.78 Å². The summed E-state index contributed by atoms with van der Waals surface area (Å²) in [7, 11) is 0. The van der Waals surface area contributed by atoms with Crippen LogP contribution in [-0.4, -0.2) is 11.1 Å². The molecule has 1 aromatic heterocycles. The van der Waals surface area contributed by atoms with Gasteiger partial charge < -0.3 is 10.1 Å². The van der Waals surface area contributed by atoms with Crippen LogP contribution < -0.4 is 5.32 Å². The Bertz CT molecular complexity index is 546. The topological polar surface area (TPSA) is 51.2 Å². The van der Waals surface area contributed by atoms with Crippen LogP contribution >= 0.6 is 15.9 Å². The Balaban J connectivity index is 1.76. The van der Waals surface area contributed by atoms with E-state index >= 15 is 0 Å². The molecule has 0 aliphatic heterocycles. The summed E-state index contributed by atoms with van der Waals surface area (Å²) in [6, 6.07) is 15.1. The number of amides is 1. The number of nitrogens with one attached hydrogen (secondary N) is 1. The van der Waals surface area contributed by atoms with Gasteiger partial charge in [0.2, 0.25) is 0 Å². The summed E-state index contributed by atoms with van der Waals surface area (Å²) >= 11 is 3.28. The van der Waals surface area contributed by atoms with Gasteiger partial charge in [0, 0.05) is 0 Å². The molecule has 0 bridgehead atoms. The van der Waals surface area contributed by atoms with Crippen molar-refractivity contribution < 1.29 is 9.53 Å². The first kappa shape index (κ1) is 13.5. The average Bonchev–Trinajstić information content (AvgIpc) is 2.44. The number of nitrogens with zero attached hydrogens (tertiary/aromatic N) is 1. The van der Waals surface area contributed by atoms with Gasteiger partial charge in [-0.3, -0.25) is 0 Å². The number of ether oxygens (including phenoxy) is 1. The largest absolute Gasteiger partial charge is 0.445 e. The van der Waals surface area contributed by atoms with Crippen molar-refractivity contribution in [3.05, 3.63) is 64.4 Å². The van der Waals surface area contributed by atoms with Gasteiger partial charge in [0.05, 0.1) is 12.2 Å². The van der Waals surface area contributed by atoms with E-state index in [9.17, 15) is 4.79 Å². The van der Waals surface area contributed by atoms with E-state index < -0.39 is 6.09 Å². The molecule has 0 saturated heterocycles. The van der Waals surface area contributed by atoms with E-state index in [2.05, 4.69) is 26.2 Å². The lowest BCUT2D eigenvalue weighted by Crippen LogP contribution is -2.24. The number of aromatic nitrogens is 1. The lowest BCUT2D eigenvalue weighted by Gasteiger charge is -2.06. The maximum atomic E-state index is 11.5. The molecule has 1 aromatic carbocycles. The van der Waals surface area contributed by atoms with Gasteiger partial charge in [-0.15, -0.1) is 0 Å². The third-order valence-corrected chi connectivity index (χ3v) is 2.84. The Morgan fingerprint density at radius 2 is 1.95 bits per heavy atom. The Kier molecular flexibility index (Phi) is 4.92. The lowest BCUT2D eigenvalue weighted by molar-refractivity contribution is 0.139. The predicted octanol–water partition coefficient (Wildman–Crippen LogP) is 3.27. The van der Waals surface area contributed by atoms with Crippen LogP contribution in [0.2, 0.25) is 0 Å². The second kappa shape index (κ2) is 6.89. The summed E-state index contributed by atoms with van der Waals surface area (Å²) in [6.07, 6.45) is -0.453. The fourth-order valence-electron chi connectivity index (χ4n) is 1.49. The molecular formula is C14H13BrN2O2.